The molecule has 0 N–H and O–H groups in total. The molecule has 0 aliphatic heterocycles. The van der Waals surface area contributed by atoms with Crippen molar-refractivity contribution in [3.63, 3.8) is 0 Å². The average Bonchev–Trinajstić information content (AvgIpc) is 2.93. The second-order valence-corrected chi connectivity index (χ2v) is 14.2. The van der Waals surface area contributed by atoms with E-state index in [9.17, 15) is 0 Å². The molecule has 10 nitrogen and oxygen atoms in total. The Balaban J connectivity index is 2.83. The van der Waals surface area contributed by atoms with Gasteiger partial charge in [-0.15, -0.1) is 0 Å². The fraction of sp³-hybridized carbons (Fsp3) is 0.786. The summed E-state index contributed by atoms with van der Waals surface area (Å²) in [7, 11) is -3.74. The van der Waals surface area contributed by atoms with Gasteiger partial charge in [-0.05, 0) is 72.1 Å². The zero-order valence-electron chi connectivity index (χ0n) is 25.9. The van der Waals surface area contributed by atoms with Gasteiger partial charge in [0.2, 0.25) is 0 Å². The first kappa shape index (κ1) is 37.0. The maximum absolute atomic E-state index is 6.14. The minimum atomic E-state index is -2.70. The fourth-order valence-electron chi connectivity index (χ4n) is 4.17. The summed E-state index contributed by atoms with van der Waals surface area (Å²) in [5, 5.41) is 0. The Morgan fingerprint density at radius 3 is 1.27 bits per heavy atom. The first-order valence-corrected chi connectivity index (χ1v) is 18.6. The molecule has 0 bridgehead atoms. The summed E-state index contributed by atoms with van der Waals surface area (Å²) < 4.78 is 58.9. The predicted octanol–water partition coefficient (Wildman–Crippen LogP) is 5.48. The Bertz CT molecular complexity index is 670. The highest BCUT2D eigenvalue weighted by Gasteiger charge is 2.40. The van der Waals surface area contributed by atoms with E-state index >= 15 is 0 Å². The number of hydrogen-bond acceptors (Lipinski definition) is 10. The molecule has 0 heterocycles. The molecule has 0 aromatic heterocycles. The van der Waals surface area contributed by atoms with Crippen LogP contribution in [0.1, 0.15) is 59.9 Å². The minimum Gasteiger partial charge on any atom is -0.493 e. The maximum atomic E-state index is 6.14. The average molecular weight is 607 g/mol. The SMILES string of the molecule is CCO[Si](CCCOc1cc(COCCOC)cc(OCCC[Si](OCC)(OCC)OCC)c1)(OCC)OCC. The molecule has 0 spiro atoms. The fourth-order valence-corrected chi connectivity index (χ4v) is 9.33. The first-order valence-electron chi connectivity index (χ1n) is 14.8. The lowest BCUT2D eigenvalue weighted by Gasteiger charge is -2.28. The van der Waals surface area contributed by atoms with Crippen molar-refractivity contribution >= 4 is 17.6 Å². The molecule has 1 aromatic rings. The molecule has 234 valence electrons. The highest BCUT2D eigenvalue weighted by Crippen LogP contribution is 2.26. The van der Waals surface area contributed by atoms with E-state index in [-0.39, 0.29) is 0 Å². The number of ether oxygens (including phenoxy) is 4. The van der Waals surface area contributed by atoms with Gasteiger partial charge >= 0.3 is 17.6 Å². The monoisotopic (exact) mass is 606 g/mol. The summed E-state index contributed by atoms with van der Waals surface area (Å²) in [5.41, 5.74) is 0.965. The molecule has 0 aliphatic carbocycles. The second kappa shape index (κ2) is 22.5. The van der Waals surface area contributed by atoms with Gasteiger partial charge in [0.25, 0.3) is 0 Å². The van der Waals surface area contributed by atoms with Gasteiger partial charge in [0, 0.05) is 64.9 Å². The topological polar surface area (TPSA) is 92.3 Å². The van der Waals surface area contributed by atoms with E-state index in [1.807, 2.05) is 59.7 Å². The van der Waals surface area contributed by atoms with Gasteiger partial charge in [-0.2, -0.15) is 0 Å². The normalized spacial score (nSPS) is 12.2. The zero-order valence-corrected chi connectivity index (χ0v) is 27.9. The van der Waals surface area contributed by atoms with Crippen molar-refractivity contribution in [3.05, 3.63) is 23.8 Å². The van der Waals surface area contributed by atoms with Crippen molar-refractivity contribution in [1.29, 1.82) is 0 Å². The van der Waals surface area contributed by atoms with E-state index in [1.165, 1.54) is 0 Å². The van der Waals surface area contributed by atoms with Crippen molar-refractivity contribution in [2.45, 2.75) is 73.1 Å². The third-order valence-corrected chi connectivity index (χ3v) is 11.9. The van der Waals surface area contributed by atoms with Crippen LogP contribution in [0.3, 0.4) is 0 Å². The Hall–Kier alpha value is -1.07. The lowest BCUT2D eigenvalue weighted by Crippen LogP contribution is -2.46. The standard InChI is InChI=1S/C28H54O10Si2/c1-8-33-39(34-9-2,35-10-3)20-14-16-31-27-22-26(25-30-19-18-29-7)23-28(24-27)32-17-15-21-40(36-11-4,37-12-5)38-13-6/h22-24H,8-21,25H2,1-7H3. The minimum absolute atomic E-state index is 0.432. The number of benzene rings is 1. The molecule has 0 amide bonds. The Labute approximate surface area is 244 Å². The Kier molecular flexibility index (Phi) is 20.8. The quantitative estimate of drug-likeness (QED) is 0.0946. The van der Waals surface area contributed by atoms with E-state index in [4.69, 9.17) is 45.5 Å². The zero-order chi connectivity index (χ0) is 29.5. The first-order chi connectivity index (χ1) is 19.5. The van der Waals surface area contributed by atoms with Crippen molar-refractivity contribution in [2.24, 2.45) is 0 Å². The number of hydrogen-bond donors (Lipinski definition) is 0. The summed E-state index contributed by atoms with van der Waals surface area (Å²) in [5.74, 6) is 1.45. The van der Waals surface area contributed by atoms with Gasteiger partial charge in [0.15, 0.2) is 0 Å². The Morgan fingerprint density at radius 2 is 0.925 bits per heavy atom. The molecule has 0 unspecified atom stereocenters. The lowest BCUT2D eigenvalue weighted by atomic mass is 10.2. The molecule has 1 aromatic carbocycles. The van der Waals surface area contributed by atoms with Crippen LogP contribution in [-0.2, 0) is 42.6 Å². The van der Waals surface area contributed by atoms with E-state index in [2.05, 4.69) is 0 Å². The van der Waals surface area contributed by atoms with Gasteiger partial charge in [-0.25, -0.2) is 0 Å². The third kappa shape index (κ3) is 14.7. The van der Waals surface area contributed by atoms with E-state index in [0.29, 0.717) is 84.8 Å². The van der Waals surface area contributed by atoms with Gasteiger partial charge in [-0.3, -0.25) is 0 Å². The summed E-state index contributed by atoms with van der Waals surface area (Å²) in [4.78, 5) is 0. The predicted molar refractivity (Wildman–Crippen MR) is 159 cm³/mol. The summed E-state index contributed by atoms with van der Waals surface area (Å²) >= 11 is 0. The third-order valence-electron chi connectivity index (χ3n) is 5.62. The van der Waals surface area contributed by atoms with Crippen LogP contribution in [-0.4, -0.2) is 90.8 Å². The van der Waals surface area contributed by atoms with Crippen LogP contribution >= 0.6 is 0 Å². The highest BCUT2D eigenvalue weighted by molar-refractivity contribution is 6.61. The summed E-state index contributed by atoms with van der Waals surface area (Å²) in [6.07, 6.45) is 1.49. The van der Waals surface area contributed by atoms with Crippen LogP contribution in [0.15, 0.2) is 18.2 Å². The second-order valence-electron chi connectivity index (χ2n) is 8.73. The van der Waals surface area contributed by atoms with Gasteiger partial charge in [0.1, 0.15) is 11.5 Å². The number of rotatable bonds is 27. The largest absolute Gasteiger partial charge is 0.501 e. The summed E-state index contributed by atoms with van der Waals surface area (Å²) in [6, 6.07) is 7.26. The molecule has 0 radical (unpaired) electrons. The van der Waals surface area contributed by atoms with Crippen molar-refractivity contribution in [1.82, 2.24) is 0 Å². The molecule has 1 rings (SSSR count). The van der Waals surface area contributed by atoms with E-state index in [1.54, 1.807) is 7.11 Å². The summed E-state index contributed by atoms with van der Waals surface area (Å²) in [6.45, 7) is 17.6. The maximum Gasteiger partial charge on any atom is 0.501 e. The molecular formula is C28H54O10Si2. The van der Waals surface area contributed by atoms with E-state index in [0.717, 1.165) is 29.9 Å². The molecular weight excluding hydrogens is 552 g/mol. The molecule has 0 saturated carbocycles. The smallest absolute Gasteiger partial charge is 0.493 e. The van der Waals surface area contributed by atoms with Crippen molar-refractivity contribution < 1.29 is 45.5 Å². The van der Waals surface area contributed by atoms with Crippen LogP contribution in [0.25, 0.3) is 0 Å². The van der Waals surface area contributed by atoms with Crippen LogP contribution in [0, 0.1) is 0 Å². The van der Waals surface area contributed by atoms with Crippen LogP contribution in [0.5, 0.6) is 11.5 Å². The lowest BCUT2D eigenvalue weighted by molar-refractivity contribution is 0.0614. The molecule has 40 heavy (non-hydrogen) atoms. The molecule has 12 heteroatoms. The highest BCUT2D eigenvalue weighted by atomic mass is 28.4. The molecule has 0 fully saturated rings. The van der Waals surface area contributed by atoms with Gasteiger partial charge in [-0.1, -0.05) is 0 Å². The van der Waals surface area contributed by atoms with E-state index < -0.39 is 17.6 Å². The van der Waals surface area contributed by atoms with Gasteiger partial charge < -0.3 is 45.5 Å². The number of methoxy groups -OCH3 is 1. The van der Waals surface area contributed by atoms with Crippen molar-refractivity contribution in [3.8, 4) is 11.5 Å². The van der Waals surface area contributed by atoms with Crippen LogP contribution < -0.4 is 9.47 Å². The molecule has 0 aliphatic rings. The van der Waals surface area contributed by atoms with Gasteiger partial charge in [0.05, 0.1) is 33.0 Å². The molecule has 0 saturated heterocycles. The van der Waals surface area contributed by atoms with Crippen molar-refractivity contribution in [2.75, 3.05) is 73.2 Å². The van der Waals surface area contributed by atoms with Crippen LogP contribution in [0.4, 0.5) is 0 Å². The Morgan fingerprint density at radius 1 is 0.525 bits per heavy atom. The van der Waals surface area contributed by atoms with Crippen LogP contribution in [0.2, 0.25) is 12.1 Å². The molecule has 0 atom stereocenters.